The number of hydrogen-bond acceptors (Lipinski definition) is 5. The minimum absolute atomic E-state index is 0.0212. The number of carbonyl (C=O) groups excluding carboxylic acids is 2. The first-order valence-corrected chi connectivity index (χ1v) is 4.88. The highest BCUT2D eigenvalue weighted by atomic mass is 16.5. The average Bonchev–Trinajstić information content (AvgIpc) is 2.33. The molecule has 0 amide bonds. The van der Waals surface area contributed by atoms with Crippen LogP contribution in [0.2, 0.25) is 0 Å². The van der Waals surface area contributed by atoms with Gasteiger partial charge in [0.15, 0.2) is 11.5 Å². The fraction of sp³-hybridized carbons (Fsp3) is 0.167. The molecule has 17 heavy (non-hydrogen) atoms. The zero-order valence-corrected chi connectivity index (χ0v) is 9.27. The van der Waals surface area contributed by atoms with E-state index in [0.29, 0.717) is 0 Å². The number of aromatic hydroxyl groups is 1. The second kappa shape index (κ2) is 3.62. The number of carbonyl (C=O) groups is 2. The summed E-state index contributed by atoms with van der Waals surface area (Å²) in [6, 6.07) is 2.85. The van der Waals surface area contributed by atoms with Crippen molar-refractivity contribution in [1.29, 1.82) is 0 Å². The molecular weight excluding hydrogens is 224 g/mol. The molecule has 0 aromatic heterocycles. The van der Waals surface area contributed by atoms with Crippen molar-refractivity contribution in [1.82, 2.24) is 0 Å². The molecular formula is C12H10O5. The van der Waals surface area contributed by atoms with Crippen LogP contribution in [0.3, 0.4) is 0 Å². The summed E-state index contributed by atoms with van der Waals surface area (Å²) in [5, 5.41) is 19.6. The Labute approximate surface area is 97.0 Å². The number of phenolic OH excluding ortho intramolecular Hbond substituents is 1. The van der Waals surface area contributed by atoms with Gasteiger partial charge in [-0.25, -0.2) is 0 Å². The second-order valence-electron chi connectivity index (χ2n) is 3.67. The number of methoxy groups -OCH3 is 1. The summed E-state index contributed by atoms with van der Waals surface area (Å²) in [6.45, 7) is 1.36. The molecule has 5 nitrogen and oxygen atoms in total. The number of rotatable bonds is 1. The first-order valence-electron chi connectivity index (χ1n) is 4.88. The van der Waals surface area contributed by atoms with E-state index in [1.807, 2.05) is 0 Å². The van der Waals surface area contributed by atoms with Crippen LogP contribution in [-0.2, 0) is 4.79 Å². The molecule has 0 aliphatic heterocycles. The summed E-state index contributed by atoms with van der Waals surface area (Å²) in [6.07, 6.45) is 0. The summed E-state index contributed by atoms with van der Waals surface area (Å²) in [5.74, 6) is -2.30. The van der Waals surface area contributed by atoms with E-state index >= 15 is 0 Å². The average molecular weight is 234 g/mol. The Balaban J connectivity index is 2.81. The lowest BCUT2D eigenvalue weighted by atomic mass is 9.88. The number of benzene rings is 1. The van der Waals surface area contributed by atoms with Crippen LogP contribution in [0.1, 0.15) is 22.8 Å². The number of aliphatic hydroxyl groups excluding tert-OH is 1. The summed E-state index contributed by atoms with van der Waals surface area (Å²) in [5.41, 5.74) is -0.0880. The lowest BCUT2D eigenvalue weighted by molar-refractivity contribution is -0.111. The molecule has 1 aromatic rings. The van der Waals surface area contributed by atoms with Crippen molar-refractivity contribution < 1.29 is 24.5 Å². The van der Waals surface area contributed by atoms with E-state index in [9.17, 15) is 19.8 Å². The third-order valence-electron chi connectivity index (χ3n) is 2.75. The molecule has 88 valence electrons. The van der Waals surface area contributed by atoms with E-state index in [1.54, 1.807) is 0 Å². The monoisotopic (exact) mass is 234 g/mol. The Kier molecular flexibility index (Phi) is 2.38. The third kappa shape index (κ3) is 1.39. The summed E-state index contributed by atoms with van der Waals surface area (Å²) in [7, 11) is 1.33. The van der Waals surface area contributed by atoms with Crippen LogP contribution >= 0.6 is 0 Å². The zero-order chi connectivity index (χ0) is 12.7. The van der Waals surface area contributed by atoms with Gasteiger partial charge in [-0.05, 0) is 19.1 Å². The number of phenols is 1. The SMILES string of the molecule is COc1ccc2c(c1O)C(=O)C(=O)C(C)=C2O. The van der Waals surface area contributed by atoms with Crippen LogP contribution in [0.15, 0.2) is 17.7 Å². The minimum Gasteiger partial charge on any atom is -0.507 e. The molecule has 0 bridgehead atoms. The molecule has 1 aliphatic rings. The fourth-order valence-corrected chi connectivity index (χ4v) is 1.76. The van der Waals surface area contributed by atoms with E-state index in [0.717, 1.165) is 0 Å². The van der Waals surface area contributed by atoms with E-state index in [-0.39, 0.29) is 28.2 Å². The van der Waals surface area contributed by atoms with Crippen LogP contribution in [0.4, 0.5) is 0 Å². The second-order valence-corrected chi connectivity index (χ2v) is 3.67. The number of hydrogen-bond donors (Lipinski definition) is 2. The zero-order valence-electron chi connectivity index (χ0n) is 9.27. The van der Waals surface area contributed by atoms with Crippen molar-refractivity contribution in [2.45, 2.75) is 6.92 Å². The molecule has 1 aromatic carbocycles. The predicted molar refractivity (Wildman–Crippen MR) is 59.2 cm³/mol. The smallest absolute Gasteiger partial charge is 0.237 e. The molecule has 1 aliphatic carbocycles. The van der Waals surface area contributed by atoms with Gasteiger partial charge in [0.05, 0.1) is 12.7 Å². The van der Waals surface area contributed by atoms with Gasteiger partial charge in [0, 0.05) is 11.1 Å². The van der Waals surface area contributed by atoms with Gasteiger partial charge in [-0.1, -0.05) is 0 Å². The lowest BCUT2D eigenvalue weighted by Crippen LogP contribution is -2.23. The highest BCUT2D eigenvalue weighted by molar-refractivity contribution is 6.52. The van der Waals surface area contributed by atoms with Crippen LogP contribution in [0, 0.1) is 0 Å². The van der Waals surface area contributed by atoms with Crippen molar-refractivity contribution in [3.8, 4) is 11.5 Å². The maximum Gasteiger partial charge on any atom is 0.237 e. The molecule has 0 heterocycles. The predicted octanol–water partition coefficient (Wildman–Crippen LogP) is 1.46. The Morgan fingerprint density at radius 2 is 1.76 bits per heavy atom. The molecule has 2 N–H and O–H groups in total. The summed E-state index contributed by atoms with van der Waals surface area (Å²) < 4.78 is 4.85. The summed E-state index contributed by atoms with van der Waals surface area (Å²) >= 11 is 0. The van der Waals surface area contributed by atoms with E-state index in [1.165, 1.54) is 26.2 Å². The number of allylic oxidation sites excluding steroid dienone is 1. The van der Waals surface area contributed by atoms with Crippen LogP contribution in [-0.4, -0.2) is 28.9 Å². The molecule has 5 heteroatoms. The Morgan fingerprint density at radius 1 is 1.12 bits per heavy atom. The standard InChI is InChI=1S/C12H10O5/c1-5-9(13)6-3-4-7(17-2)11(15)8(6)12(16)10(5)14/h3-4,13,15H,1-2H3. The number of fused-ring (bicyclic) bond motifs is 1. The minimum atomic E-state index is -0.841. The van der Waals surface area contributed by atoms with Gasteiger partial charge in [0.2, 0.25) is 11.6 Å². The van der Waals surface area contributed by atoms with Gasteiger partial charge in [-0.3, -0.25) is 9.59 Å². The van der Waals surface area contributed by atoms with Gasteiger partial charge in [0.1, 0.15) is 5.76 Å². The first kappa shape index (κ1) is 11.2. The molecule has 0 spiro atoms. The molecule has 0 fully saturated rings. The fourth-order valence-electron chi connectivity index (χ4n) is 1.76. The van der Waals surface area contributed by atoms with Crippen molar-refractivity contribution in [2.75, 3.05) is 7.11 Å². The van der Waals surface area contributed by atoms with Gasteiger partial charge < -0.3 is 14.9 Å². The van der Waals surface area contributed by atoms with Crippen LogP contribution in [0.25, 0.3) is 5.76 Å². The van der Waals surface area contributed by atoms with Gasteiger partial charge in [-0.15, -0.1) is 0 Å². The van der Waals surface area contributed by atoms with Crippen molar-refractivity contribution >= 4 is 17.3 Å². The number of Topliss-reactive ketones (excluding diaryl/α,β-unsaturated/α-hetero) is 2. The van der Waals surface area contributed by atoms with Crippen molar-refractivity contribution in [3.63, 3.8) is 0 Å². The highest BCUT2D eigenvalue weighted by Gasteiger charge is 2.34. The quantitative estimate of drug-likeness (QED) is 0.718. The van der Waals surface area contributed by atoms with Crippen molar-refractivity contribution in [2.24, 2.45) is 0 Å². The highest BCUT2D eigenvalue weighted by Crippen LogP contribution is 2.38. The summed E-state index contributed by atoms with van der Waals surface area (Å²) in [4.78, 5) is 23.3. The first-order chi connectivity index (χ1) is 7.99. The van der Waals surface area contributed by atoms with Gasteiger partial charge >= 0.3 is 0 Å². The number of ketones is 2. The maximum absolute atomic E-state index is 11.8. The Bertz CT molecular complexity index is 569. The molecule has 0 saturated heterocycles. The largest absolute Gasteiger partial charge is 0.507 e. The normalized spacial score (nSPS) is 14.9. The number of ether oxygens (including phenoxy) is 1. The molecule has 2 rings (SSSR count). The van der Waals surface area contributed by atoms with Crippen LogP contribution < -0.4 is 4.74 Å². The number of aliphatic hydroxyl groups is 1. The van der Waals surface area contributed by atoms with E-state index in [4.69, 9.17) is 4.74 Å². The van der Waals surface area contributed by atoms with E-state index < -0.39 is 17.3 Å². The lowest BCUT2D eigenvalue weighted by Gasteiger charge is -2.17. The van der Waals surface area contributed by atoms with Crippen molar-refractivity contribution in [3.05, 3.63) is 28.8 Å². The molecule has 0 atom stereocenters. The maximum atomic E-state index is 11.8. The van der Waals surface area contributed by atoms with E-state index in [2.05, 4.69) is 0 Å². The topological polar surface area (TPSA) is 83.8 Å². The molecule has 0 unspecified atom stereocenters. The Morgan fingerprint density at radius 3 is 2.35 bits per heavy atom. The van der Waals surface area contributed by atoms with Gasteiger partial charge in [-0.2, -0.15) is 0 Å². The molecule has 0 radical (unpaired) electrons. The Hall–Kier alpha value is -2.30. The third-order valence-corrected chi connectivity index (χ3v) is 2.75. The van der Waals surface area contributed by atoms with Crippen LogP contribution in [0.5, 0.6) is 11.5 Å². The molecule has 0 saturated carbocycles. The van der Waals surface area contributed by atoms with Gasteiger partial charge in [0.25, 0.3) is 0 Å².